The van der Waals surface area contributed by atoms with Crippen LogP contribution >= 0.6 is 11.6 Å². The van der Waals surface area contributed by atoms with Gasteiger partial charge >= 0.3 is 0 Å². The summed E-state index contributed by atoms with van der Waals surface area (Å²) in [5.41, 5.74) is 1.11. The van der Waals surface area contributed by atoms with Gasteiger partial charge in [-0.05, 0) is 24.6 Å². The van der Waals surface area contributed by atoms with Crippen LogP contribution in [0.3, 0.4) is 0 Å². The molecule has 0 saturated carbocycles. The molecule has 1 amide bonds. The lowest BCUT2D eigenvalue weighted by atomic mass is 10.2. The van der Waals surface area contributed by atoms with Gasteiger partial charge < -0.3 is 10.2 Å². The van der Waals surface area contributed by atoms with Crippen LogP contribution in [0.1, 0.15) is 12.5 Å². The molecule has 88 valence electrons. The fourth-order valence-corrected chi connectivity index (χ4v) is 1.47. The molecule has 0 fully saturated rings. The predicted octanol–water partition coefficient (Wildman–Crippen LogP) is 1.91. The molecule has 16 heavy (non-hydrogen) atoms. The zero-order valence-corrected chi connectivity index (χ0v) is 10.6. The first-order valence-electron chi connectivity index (χ1n) is 5.19. The van der Waals surface area contributed by atoms with E-state index >= 15 is 0 Å². The Labute approximate surface area is 101 Å². The number of nitrogens with zero attached hydrogens (tertiary/aromatic N) is 1. The molecule has 4 heteroatoms. The van der Waals surface area contributed by atoms with Crippen molar-refractivity contribution in [3.8, 4) is 0 Å². The molecule has 0 radical (unpaired) electrons. The second kappa shape index (κ2) is 5.87. The van der Waals surface area contributed by atoms with Crippen LogP contribution in [0.25, 0.3) is 0 Å². The zero-order valence-electron chi connectivity index (χ0n) is 9.83. The molecule has 0 bridgehead atoms. The van der Waals surface area contributed by atoms with E-state index < -0.39 is 0 Å². The molecular weight excluding hydrogens is 224 g/mol. The van der Waals surface area contributed by atoms with Crippen molar-refractivity contribution in [3.63, 3.8) is 0 Å². The van der Waals surface area contributed by atoms with Crippen LogP contribution in [-0.2, 0) is 11.3 Å². The van der Waals surface area contributed by atoms with Gasteiger partial charge in [-0.3, -0.25) is 4.79 Å². The number of hydrogen-bond acceptors (Lipinski definition) is 2. The van der Waals surface area contributed by atoms with Gasteiger partial charge in [0.1, 0.15) is 0 Å². The molecule has 0 heterocycles. The number of carbonyl (C=O) groups is 1. The quantitative estimate of drug-likeness (QED) is 0.872. The van der Waals surface area contributed by atoms with Crippen molar-refractivity contribution in [2.45, 2.75) is 19.5 Å². The summed E-state index contributed by atoms with van der Waals surface area (Å²) in [5.74, 6) is 0.0777. The third-order valence-electron chi connectivity index (χ3n) is 2.34. The highest BCUT2D eigenvalue weighted by Gasteiger charge is 2.13. The van der Waals surface area contributed by atoms with Gasteiger partial charge in [0, 0.05) is 25.7 Å². The number of carbonyl (C=O) groups excluding carboxylic acids is 1. The number of rotatable bonds is 4. The molecular formula is C12H17ClN2O. The third-order valence-corrected chi connectivity index (χ3v) is 2.59. The average molecular weight is 241 g/mol. The summed E-state index contributed by atoms with van der Waals surface area (Å²) >= 11 is 5.79. The summed E-state index contributed by atoms with van der Waals surface area (Å²) in [4.78, 5) is 13.1. The SMILES string of the molecule is CC(NCc1ccc(Cl)cc1)C(=O)N(C)C. The van der Waals surface area contributed by atoms with Crippen LogP contribution in [0.15, 0.2) is 24.3 Å². The normalized spacial score (nSPS) is 12.2. The summed E-state index contributed by atoms with van der Waals surface area (Å²) in [5, 5.41) is 3.89. The van der Waals surface area contributed by atoms with E-state index in [9.17, 15) is 4.79 Å². The largest absolute Gasteiger partial charge is 0.347 e. The lowest BCUT2D eigenvalue weighted by Crippen LogP contribution is -2.41. The summed E-state index contributed by atoms with van der Waals surface area (Å²) in [6, 6.07) is 7.41. The lowest BCUT2D eigenvalue weighted by Gasteiger charge is -2.18. The van der Waals surface area contributed by atoms with Crippen molar-refractivity contribution >= 4 is 17.5 Å². The van der Waals surface area contributed by atoms with E-state index in [4.69, 9.17) is 11.6 Å². The number of hydrogen-bond donors (Lipinski definition) is 1. The van der Waals surface area contributed by atoms with E-state index in [1.54, 1.807) is 19.0 Å². The fourth-order valence-electron chi connectivity index (χ4n) is 1.35. The summed E-state index contributed by atoms with van der Waals surface area (Å²) in [6.07, 6.45) is 0. The van der Waals surface area contributed by atoms with Gasteiger partial charge in [-0.25, -0.2) is 0 Å². The molecule has 0 aromatic heterocycles. The number of nitrogens with one attached hydrogen (secondary N) is 1. The molecule has 1 unspecified atom stereocenters. The Kier molecular flexibility index (Phi) is 4.77. The Balaban J connectivity index is 2.45. The highest BCUT2D eigenvalue weighted by Crippen LogP contribution is 2.09. The Hall–Kier alpha value is -1.06. The summed E-state index contributed by atoms with van der Waals surface area (Å²) in [6.45, 7) is 2.52. The van der Waals surface area contributed by atoms with Crippen molar-refractivity contribution in [3.05, 3.63) is 34.9 Å². The smallest absolute Gasteiger partial charge is 0.238 e. The van der Waals surface area contributed by atoms with Gasteiger partial charge in [0.25, 0.3) is 0 Å². The predicted molar refractivity (Wildman–Crippen MR) is 66.4 cm³/mol. The van der Waals surface area contributed by atoms with E-state index in [0.29, 0.717) is 6.54 Å². The first-order chi connectivity index (χ1) is 7.50. The van der Waals surface area contributed by atoms with E-state index in [1.165, 1.54) is 0 Å². The number of halogens is 1. The number of likely N-dealkylation sites (N-methyl/N-ethyl adjacent to an activating group) is 1. The maximum Gasteiger partial charge on any atom is 0.238 e. The molecule has 1 N–H and O–H groups in total. The van der Waals surface area contributed by atoms with Gasteiger partial charge in [0.2, 0.25) is 5.91 Å². The molecule has 0 aliphatic carbocycles. The molecule has 1 rings (SSSR count). The van der Waals surface area contributed by atoms with Gasteiger partial charge in [-0.15, -0.1) is 0 Å². The van der Waals surface area contributed by atoms with E-state index in [0.717, 1.165) is 10.6 Å². The van der Waals surface area contributed by atoms with Crippen LogP contribution in [0.4, 0.5) is 0 Å². The highest BCUT2D eigenvalue weighted by molar-refractivity contribution is 6.30. The lowest BCUT2D eigenvalue weighted by molar-refractivity contribution is -0.130. The van der Waals surface area contributed by atoms with Gasteiger partial charge in [-0.2, -0.15) is 0 Å². The maximum absolute atomic E-state index is 11.6. The van der Waals surface area contributed by atoms with Crippen molar-refractivity contribution in [2.24, 2.45) is 0 Å². The van der Waals surface area contributed by atoms with Gasteiger partial charge in [-0.1, -0.05) is 23.7 Å². The number of amides is 1. The first kappa shape index (κ1) is 13.0. The molecule has 0 aliphatic rings. The molecule has 0 saturated heterocycles. The minimum Gasteiger partial charge on any atom is -0.347 e. The van der Waals surface area contributed by atoms with Crippen LogP contribution in [-0.4, -0.2) is 30.9 Å². The molecule has 0 aliphatic heterocycles. The molecule has 1 aromatic carbocycles. The van der Waals surface area contributed by atoms with Crippen molar-refractivity contribution in [1.29, 1.82) is 0 Å². The standard InChI is InChI=1S/C12H17ClN2O/c1-9(12(16)15(2)3)14-8-10-4-6-11(13)7-5-10/h4-7,9,14H,8H2,1-3H3. The second-order valence-electron chi connectivity index (χ2n) is 3.96. The Morgan fingerprint density at radius 3 is 2.44 bits per heavy atom. The minimum atomic E-state index is -0.175. The second-order valence-corrected chi connectivity index (χ2v) is 4.40. The monoisotopic (exact) mass is 240 g/mol. The minimum absolute atomic E-state index is 0.0777. The van der Waals surface area contributed by atoms with E-state index in [-0.39, 0.29) is 11.9 Å². The van der Waals surface area contributed by atoms with Crippen LogP contribution in [0, 0.1) is 0 Å². The van der Waals surface area contributed by atoms with E-state index in [2.05, 4.69) is 5.32 Å². The van der Waals surface area contributed by atoms with Crippen LogP contribution < -0.4 is 5.32 Å². The maximum atomic E-state index is 11.6. The number of benzene rings is 1. The highest BCUT2D eigenvalue weighted by atomic mass is 35.5. The van der Waals surface area contributed by atoms with E-state index in [1.807, 2.05) is 31.2 Å². The van der Waals surface area contributed by atoms with Gasteiger partial charge in [0.05, 0.1) is 6.04 Å². The van der Waals surface area contributed by atoms with Crippen LogP contribution in [0.2, 0.25) is 5.02 Å². The van der Waals surface area contributed by atoms with Crippen molar-refractivity contribution in [2.75, 3.05) is 14.1 Å². The molecule has 1 aromatic rings. The Bertz CT molecular complexity index is 349. The molecule has 3 nitrogen and oxygen atoms in total. The molecule has 0 spiro atoms. The topological polar surface area (TPSA) is 32.3 Å². The average Bonchev–Trinajstić information content (AvgIpc) is 2.26. The Morgan fingerprint density at radius 1 is 1.38 bits per heavy atom. The fraction of sp³-hybridized carbons (Fsp3) is 0.417. The van der Waals surface area contributed by atoms with Crippen LogP contribution in [0.5, 0.6) is 0 Å². The van der Waals surface area contributed by atoms with Crippen molar-refractivity contribution < 1.29 is 4.79 Å². The van der Waals surface area contributed by atoms with Gasteiger partial charge in [0.15, 0.2) is 0 Å². The third kappa shape index (κ3) is 3.83. The molecule has 1 atom stereocenters. The first-order valence-corrected chi connectivity index (χ1v) is 5.57. The summed E-state index contributed by atoms with van der Waals surface area (Å²) in [7, 11) is 3.51. The summed E-state index contributed by atoms with van der Waals surface area (Å²) < 4.78 is 0. The Morgan fingerprint density at radius 2 is 1.94 bits per heavy atom. The van der Waals surface area contributed by atoms with Crippen molar-refractivity contribution in [1.82, 2.24) is 10.2 Å². The zero-order chi connectivity index (χ0) is 12.1.